The highest BCUT2D eigenvalue weighted by Gasteiger charge is 2.18. The van der Waals surface area contributed by atoms with E-state index in [0.717, 1.165) is 82.8 Å². The molecule has 3 heterocycles. The zero-order valence-electron chi connectivity index (χ0n) is 31.1. The van der Waals surface area contributed by atoms with Crippen LogP contribution in [0.15, 0.2) is 197 Å². The highest BCUT2D eigenvalue weighted by atomic mass is 16.3. The van der Waals surface area contributed by atoms with Crippen molar-refractivity contribution in [2.75, 3.05) is 0 Å². The van der Waals surface area contributed by atoms with E-state index in [9.17, 15) is 0 Å². The monoisotopic (exact) mass is 741 g/mol. The van der Waals surface area contributed by atoms with Crippen molar-refractivity contribution in [2.45, 2.75) is 0 Å². The van der Waals surface area contributed by atoms with Crippen LogP contribution in [0, 0.1) is 0 Å². The summed E-state index contributed by atoms with van der Waals surface area (Å²) in [6, 6.07) is 65.5. The molecule has 58 heavy (non-hydrogen) atoms. The quantitative estimate of drug-likeness (QED) is 0.176. The van der Waals surface area contributed by atoms with E-state index in [2.05, 4.69) is 133 Å². The normalized spacial score (nSPS) is 11.8. The lowest BCUT2D eigenvalue weighted by molar-refractivity contribution is 0.668. The maximum atomic E-state index is 6.33. The average Bonchev–Trinajstić information content (AvgIpc) is 3.86. The zero-order chi connectivity index (χ0) is 38.2. The summed E-state index contributed by atoms with van der Waals surface area (Å²) in [5.74, 6) is 1.70. The summed E-state index contributed by atoms with van der Waals surface area (Å²) in [6.45, 7) is 0. The van der Waals surface area contributed by atoms with Crippen LogP contribution in [0.4, 0.5) is 0 Å². The minimum Gasteiger partial charge on any atom is -0.456 e. The molecule has 0 aliphatic carbocycles. The van der Waals surface area contributed by atoms with Crippen LogP contribution in [-0.2, 0) is 0 Å². The molecule has 0 saturated carbocycles. The Morgan fingerprint density at radius 2 is 0.672 bits per heavy atom. The first kappa shape index (κ1) is 32.4. The highest BCUT2D eigenvalue weighted by molar-refractivity contribution is 6.07. The smallest absolute Gasteiger partial charge is 0.164 e. The Morgan fingerprint density at radius 1 is 0.241 bits per heavy atom. The van der Waals surface area contributed by atoms with Gasteiger partial charge in [-0.05, 0) is 117 Å². The molecule has 0 aliphatic heterocycles. The van der Waals surface area contributed by atoms with Crippen molar-refractivity contribution in [3.63, 3.8) is 0 Å². The van der Waals surface area contributed by atoms with E-state index >= 15 is 0 Å². The minimum atomic E-state index is 0.558. The van der Waals surface area contributed by atoms with Gasteiger partial charge < -0.3 is 8.83 Å². The molecule has 5 heteroatoms. The summed E-state index contributed by atoms with van der Waals surface area (Å²) in [6.07, 6.45) is 0. The van der Waals surface area contributed by atoms with Gasteiger partial charge >= 0.3 is 0 Å². The molecule has 0 fully saturated rings. The molecule has 0 radical (unpaired) electrons. The summed E-state index contributed by atoms with van der Waals surface area (Å²) < 4.78 is 12.5. The number of furan rings is 2. The van der Waals surface area contributed by atoms with E-state index < -0.39 is 0 Å². The van der Waals surface area contributed by atoms with Crippen LogP contribution in [0.25, 0.3) is 122 Å². The van der Waals surface area contributed by atoms with Gasteiger partial charge in [-0.15, -0.1) is 0 Å². The summed E-state index contributed by atoms with van der Waals surface area (Å²) in [5, 5.41) is 8.96. The molecular formula is C53H31N3O2. The lowest BCUT2D eigenvalue weighted by Crippen LogP contribution is -2.00. The van der Waals surface area contributed by atoms with E-state index in [1.54, 1.807) is 0 Å². The Kier molecular flexibility index (Phi) is 7.16. The van der Waals surface area contributed by atoms with Gasteiger partial charge in [0.15, 0.2) is 17.5 Å². The van der Waals surface area contributed by atoms with E-state index in [4.69, 9.17) is 23.8 Å². The van der Waals surface area contributed by atoms with Crippen molar-refractivity contribution in [1.29, 1.82) is 0 Å². The Balaban J connectivity index is 1.09. The summed E-state index contributed by atoms with van der Waals surface area (Å²) in [7, 11) is 0. The second-order valence-corrected chi connectivity index (χ2v) is 14.8. The van der Waals surface area contributed by atoms with Crippen molar-refractivity contribution in [3.8, 4) is 56.4 Å². The fourth-order valence-electron chi connectivity index (χ4n) is 8.32. The van der Waals surface area contributed by atoms with Crippen molar-refractivity contribution in [3.05, 3.63) is 188 Å². The summed E-state index contributed by atoms with van der Waals surface area (Å²) in [5.41, 5.74) is 10.3. The molecule has 12 aromatic rings. The molecule has 0 aliphatic rings. The first-order valence-electron chi connectivity index (χ1n) is 19.4. The van der Waals surface area contributed by atoms with Crippen molar-refractivity contribution >= 4 is 65.4 Å². The van der Waals surface area contributed by atoms with Gasteiger partial charge in [0, 0.05) is 38.2 Å². The molecule has 9 aromatic carbocycles. The van der Waals surface area contributed by atoms with Crippen molar-refractivity contribution < 1.29 is 8.83 Å². The van der Waals surface area contributed by atoms with E-state index in [1.807, 2.05) is 54.6 Å². The molecule has 0 unspecified atom stereocenters. The molecule has 0 saturated heterocycles. The van der Waals surface area contributed by atoms with Gasteiger partial charge in [-0.3, -0.25) is 0 Å². The Hall–Kier alpha value is -7.89. The van der Waals surface area contributed by atoms with Gasteiger partial charge in [0.25, 0.3) is 0 Å². The second-order valence-electron chi connectivity index (χ2n) is 14.8. The van der Waals surface area contributed by atoms with Crippen LogP contribution in [0.5, 0.6) is 0 Å². The molecule has 0 atom stereocenters. The van der Waals surface area contributed by atoms with Crippen molar-refractivity contribution in [1.82, 2.24) is 15.0 Å². The molecule has 0 bridgehead atoms. The third kappa shape index (κ3) is 5.44. The SMILES string of the molecule is c1ccc2cc(-c3cc(-c4ccc5ccccc5c4)cc(-c4nc(-c5ccc6c(c5)oc5ccccc56)nc(-c5ccc6oc7ccccc7c6c5)n4)c3)ccc2c1. The van der Waals surface area contributed by atoms with E-state index in [-0.39, 0.29) is 0 Å². The number of rotatable bonds is 5. The largest absolute Gasteiger partial charge is 0.456 e. The van der Waals surface area contributed by atoms with Crippen LogP contribution >= 0.6 is 0 Å². The number of nitrogens with zero attached hydrogens (tertiary/aromatic N) is 3. The maximum Gasteiger partial charge on any atom is 0.164 e. The molecular weight excluding hydrogens is 711 g/mol. The van der Waals surface area contributed by atoms with Crippen LogP contribution in [0.3, 0.4) is 0 Å². The maximum absolute atomic E-state index is 6.33. The lowest BCUT2D eigenvalue weighted by atomic mass is 9.93. The molecule has 270 valence electrons. The first-order valence-corrected chi connectivity index (χ1v) is 19.4. The van der Waals surface area contributed by atoms with Crippen molar-refractivity contribution in [2.24, 2.45) is 0 Å². The molecule has 0 N–H and O–H groups in total. The lowest BCUT2D eigenvalue weighted by Gasteiger charge is -2.13. The van der Waals surface area contributed by atoms with Gasteiger partial charge in [0.2, 0.25) is 0 Å². The molecule has 12 rings (SSSR count). The Bertz CT molecular complexity index is 3500. The van der Waals surface area contributed by atoms with Gasteiger partial charge in [-0.2, -0.15) is 0 Å². The zero-order valence-corrected chi connectivity index (χ0v) is 31.1. The van der Waals surface area contributed by atoms with Gasteiger partial charge in [-0.25, -0.2) is 15.0 Å². The predicted octanol–water partition coefficient (Wildman–Crippen LogP) is 14.3. The van der Waals surface area contributed by atoms with Gasteiger partial charge in [0.05, 0.1) is 0 Å². The molecule has 5 nitrogen and oxygen atoms in total. The van der Waals surface area contributed by atoms with Crippen LogP contribution in [0.1, 0.15) is 0 Å². The standard InChI is InChI=1S/C53H31N3O2/c1-3-11-34-25-36(19-17-32(34)9-1)40-27-41(37-20-18-33-10-2-4-12-35(33)26-37)29-42(28-40)53-55-51(38-22-24-49-46(30-38)44-14-6-8-16-48(44)57-49)54-52(56-53)39-21-23-45-43-13-5-7-15-47(43)58-50(45)31-39/h1-31H. The number of hydrogen-bond donors (Lipinski definition) is 0. The third-order valence-electron chi connectivity index (χ3n) is 11.3. The number of aromatic nitrogens is 3. The van der Waals surface area contributed by atoms with Crippen LogP contribution in [-0.4, -0.2) is 15.0 Å². The Labute approximate surface area is 332 Å². The Morgan fingerprint density at radius 3 is 1.31 bits per heavy atom. The summed E-state index contributed by atoms with van der Waals surface area (Å²) >= 11 is 0. The molecule has 0 spiro atoms. The van der Waals surface area contributed by atoms with Gasteiger partial charge in [0.1, 0.15) is 22.3 Å². The van der Waals surface area contributed by atoms with Crippen LogP contribution < -0.4 is 0 Å². The number of hydrogen-bond acceptors (Lipinski definition) is 5. The number of para-hydroxylation sites is 2. The molecule has 3 aromatic heterocycles. The van der Waals surface area contributed by atoms with Gasteiger partial charge in [-0.1, -0.05) is 115 Å². The minimum absolute atomic E-state index is 0.558. The average molecular weight is 742 g/mol. The molecule has 0 amide bonds. The fourth-order valence-corrected chi connectivity index (χ4v) is 8.32. The van der Waals surface area contributed by atoms with E-state index in [1.165, 1.54) is 21.5 Å². The van der Waals surface area contributed by atoms with E-state index in [0.29, 0.717) is 17.5 Å². The number of fused-ring (bicyclic) bond motifs is 8. The number of benzene rings is 9. The highest BCUT2D eigenvalue weighted by Crippen LogP contribution is 2.38. The fraction of sp³-hybridized carbons (Fsp3) is 0. The predicted molar refractivity (Wildman–Crippen MR) is 237 cm³/mol. The van der Waals surface area contributed by atoms with Crippen LogP contribution in [0.2, 0.25) is 0 Å². The summed E-state index contributed by atoms with van der Waals surface area (Å²) in [4.78, 5) is 15.7. The first-order chi connectivity index (χ1) is 28.7. The second kappa shape index (κ2) is 12.8. The third-order valence-corrected chi connectivity index (χ3v) is 11.3. The topological polar surface area (TPSA) is 65.0 Å².